The fourth-order valence-corrected chi connectivity index (χ4v) is 3.42. The van der Waals surface area contributed by atoms with Gasteiger partial charge < -0.3 is 14.3 Å². The van der Waals surface area contributed by atoms with Gasteiger partial charge in [0, 0.05) is 17.0 Å². The Balaban J connectivity index is 1.44. The Morgan fingerprint density at radius 1 is 1.25 bits per heavy atom. The highest BCUT2D eigenvalue weighted by molar-refractivity contribution is 7.18. The second-order valence-electron chi connectivity index (χ2n) is 5.35. The molecule has 5 nitrogen and oxygen atoms in total. The number of aromatic hydroxyl groups is 1. The van der Waals surface area contributed by atoms with Crippen LogP contribution in [0.25, 0.3) is 21.2 Å². The zero-order chi connectivity index (χ0) is 16.5. The fraction of sp³-hybridized carbons (Fsp3) is 0.111. The first-order chi connectivity index (χ1) is 11.7. The number of benzene rings is 2. The van der Waals surface area contributed by atoms with Crippen LogP contribution in [0.15, 0.2) is 53.1 Å². The maximum absolute atomic E-state index is 12.1. The summed E-state index contributed by atoms with van der Waals surface area (Å²) in [5.41, 5.74) is 2.19. The summed E-state index contributed by atoms with van der Waals surface area (Å²) in [5.74, 6) is -0.216. The van der Waals surface area contributed by atoms with Crippen LogP contribution in [0.3, 0.4) is 0 Å². The van der Waals surface area contributed by atoms with E-state index in [-0.39, 0.29) is 24.7 Å². The van der Waals surface area contributed by atoms with Crippen LogP contribution >= 0.6 is 11.3 Å². The Hall–Kier alpha value is -2.86. The molecule has 0 aliphatic carbocycles. The van der Waals surface area contributed by atoms with Crippen LogP contribution in [0, 0.1) is 0 Å². The number of rotatable bonds is 4. The smallest absolute Gasteiger partial charge is 0.310 e. The molecule has 120 valence electrons. The van der Waals surface area contributed by atoms with Crippen LogP contribution in [-0.4, -0.2) is 16.1 Å². The number of fused-ring (bicyclic) bond motifs is 2. The van der Waals surface area contributed by atoms with Crippen molar-refractivity contribution in [2.45, 2.75) is 13.0 Å². The number of ether oxygens (including phenoxy) is 1. The minimum atomic E-state index is -0.343. The first kappa shape index (κ1) is 14.7. The summed E-state index contributed by atoms with van der Waals surface area (Å²) < 4.78 is 11.8. The van der Waals surface area contributed by atoms with Crippen molar-refractivity contribution in [3.8, 4) is 5.75 Å². The minimum absolute atomic E-state index is 0.114. The number of furan rings is 1. The molecule has 2 aromatic heterocycles. The summed E-state index contributed by atoms with van der Waals surface area (Å²) in [6.07, 6.45) is 1.63. The van der Waals surface area contributed by atoms with E-state index in [0.717, 1.165) is 26.2 Å². The van der Waals surface area contributed by atoms with Gasteiger partial charge in [0.15, 0.2) is 0 Å². The monoisotopic (exact) mass is 339 g/mol. The Bertz CT molecular complexity index is 1000. The van der Waals surface area contributed by atoms with E-state index in [2.05, 4.69) is 4.98 Å². The lowest BCUT2D eigenvalue weighted by Crippen LogP contribution is -2.07. The molecule has 1 N–H and O–H groups in total. The maximum Gasteiger partial charge on any atom is 0.310 e. The van der Waals surface area contributed by atoms with Crippen molar-refractivity contribution in [2.24, 2.45) is 0 Å². The number of carbonyl (C=O) groups excluding carboxylic acids is 1. The summed E-state index contributed by atoms with van der Waals surface area (Å²) in [5, 5.41) is 11.0. The molecule has 24 heavy (non-hydrogen) atoms. The third-order valence-corrected chi connectivity index (χ3v) is 4.68. The van der Waals surface area contributed by atoms with Gasteiger partial charge in [-0.05, 0) is 24.3 Å². The van der Waals surface area contributed by atoms with Crippen LogP contribution in [0.2, 0.25) is 0 Å². The summed E-state index contributed by atoms with van der Waals surface area (Å²) in [6, 6.07) is 12.6. The van der Waals surface area contributed by atoms with Crippen LogP contribution in [0.4, 0.5) is 0 Å². The molecule has 0 spiro atoms. The lowest BCUT2D eigenvalue weighted by molar-refractivity contribution is -0.144. The molecule has 0 saturated carbocycles. The Morgan fingerprint density at radius 2 is 2.12 bits per heavy atom. The standard InChI is InChI=1S/C18H13NO4S/c20-12-5-6-13-11(9-22-15(13)8-12)7-18(21)23-10-17-19-14-3-1-2-4-16(14)24-17/h1-6,8-9,20H,7,10H2. The van der Waals surface area contributed by atoms with Crippen molar-refractivity contribution >= 4 is 38.5 Å². The van der Waals surface area contributed by atoms with Crippen LogP contribution in [-0.2, 0) is 22.6 Å². The fourth-order valence-electron chi connectivity index (χ4n) is 2.54. The topological polar surface area (TPSA) is 72.6 Å². The molecule has 0 radical (unpaired) electrons. The highest BCUT2D eigenvalue weighted by Crippen LogP contribution is 2.26. The largest absolute Gasteiger partial charge is 0.508 e. The van der Waals surface area contributed by atoms with Gasteiger partial charge in [0.05, 0.1) is 22.9 Å². The average molecular weight is 339 g/mol. The van der Waals surface area contributed by atoms with Crippen LogP contribution < -0.4 is 0 Å². The number of hydrogen-bond acceptors (Lipinski definition) is 6. The normalized spacial score (nSPS) is 11.2. The third-order valence-electron chi connectivity index (χ3n) is 3.67. The SMILES string of the molecule is O=C(Cc1coc2cc(O)ccc12)OCc1nc2ccccc2s1. The number of esters is 1. The lowest BCUT2D eigenvalue weighted by atomic mass is 10.1. The van der Waals surface area contributed by atoms with Crippen molar-refractivity contribution in [1.29, 1.82) is 0 Å². The molecule has 0 aliphatic heterocycles. The van der Waals surface area contributed by atoms with Gasteiger partial charge in [-0.25, -0.2) is 4.98 Å². The molecular weight excluding hydrogens is 326 g/mol. The van der Waals surface area contributed by atoms with Crippen LogP contribution in [0.5, 0.6) is 5.75 Å². The minimum Gasteiger partial charge on any atom is -0.508 e. The lowest BCUT2D eigenvalue weighted by Gasteiger charge is -2.01. The van der Waals surface area contributed by atoms with E-state index in [1.165, 1.54) is 23.7 Å². The number of aromatic nitrogens is 1. The Morgan fingerprint density at radius 3 is 3.00 bits per heavy atom. The average Bonchev–Trinajstić information content (AvgIpc) is 3.16. The molecule has 2 aromatic carbocycles. The predicted molar refractivity (Wildman–Crippen MR) is 91.0 cm³/mol. The van der Waals surface area contributed by atoms with Gasteiger partial charge in [-0.15, -0.1) is 11.3 Å². The molecule has 0 fully saturated rings. The van der Waals surface area contributed by atoms with Crippen molar-refractivity contribution in [3.05, 3.63) is 59.3 Å². The Labute approximate surface area is 141 Å². The second-order valence-corrected chi connectivity index (χ2v) is 6.47. The van der Waals surface area contributed by atoms with Crippen molar-refractivity contribution in [1.82, 2.24) is 4.98 Å². The van der Waals surface area contributed by atoms with Gasteiger partial charge in [-0.2, -0.15) is 0 Å². The van der Waals surface area contributed by atoms with E-state index >= 15 is 0 Å². The van der Waals surface area contributed by atoms with E-state index in [1.807, 2.05) is 24.3 Å². The number of thiazole rings is 1. The van der Waals surface area contributed by atoms with E-state index in [4.69, 9.17) is 9.15 Å². The zero-order valence-corrected chi connectivity index (χ0v) is 13.4. The Kier molecular flexibility index (Phi) is 3.66. The first-order valence-corrected chi connectivity index (χ1v) is 8.20. The first-order valence-electron chi connectivity index (χ1n) is 7.38. The molecule has 4 aromatic rings. The van der Waals surface area contributed by atoms with E-state index in [1.54, 1.807) is 12.1 Å². The zero-order valence-electron chi connectivity index (χ0n) is 12.6. The molecule has 0 bridgehead atoms. The molecule has 4 rings (SSSR count). The summed E-state index contributed by atoms with van der Waals surface area (Å²) >= 11 is 1.52. The quantitative estimate of drug-likeness (QED) is 0.568. The van der Waals surface area contributed by atoms with E-state index < -0.39 is 0 Å². The number of nitrogens with zero attached hydrogens (tertiary/aromatic N) is 1. The molecule has 0 aliphatic rings. The summed E-state index contributed by atoms with van der Waals surface area (Å²) in [4.78, 5) is 16.5. The predicted octanol–water partition coefficient (Wildman–Crippen LogP) is 4.03. The van der Waals surface area contributed by atoms with E-state index in [0.29, 0.717) is 5.58 Å². The summed E-state index contributed by atoms with van der Waals surface area (Å²) in [7, 11) is 0. The molecule has 0 amide bonds. The number of para-hydroxylation sites is 1. The highest BCUT2D eigenvalue weighted by Gasteiger charge is 2.13. The van der Waals surface area contributed by atoms with Crippen molar-refractivity contribution in [2.75, 3.05) is 0 Å². The van der Waals surface area contributed by atoms with Crippen molar-refractivity contribution in [3.63, 3.8) is 0 Å². The van der Waals surface area contributed by atoms with Gasteiger partial charge in [-0.3, -0.25) is 4.79 Å². The molecular formula is C18H13NO4S. The number of phenols is 1. The molecule has 0 unspecified atom stereocenters. The van der Waals surface area contributed by atoms with Gasteiger partial charge in [0.1, 0.15) is 22.9 Å². The molecule has 2 heterocycles. The van der Waals surface area contributed by atoms with Gasteiger partial charge in [0.2, 0.25) is 0 Å². The number of hydrogen-bond donors (Lipinski definition) is 1. The number of phenolic OH excluding ortho intramolecular Hbond substituents is 1. The van der Waals surface area contributed by atoms with Crippen molar-refractivity contribution < 1.29 is 19.1 Å². The molecule has 6 heteroatoms. The highest BCUT2D eigenvalue weighted by atomic mass is 32.1. The van der Waals surface area contributed by atoms with Gasteiger partial charge in [-0.1, -0.05) is 12.1 Å². The maximum atomic E-state index is 12.1. The number of carbonyl (C=O) groups is 1. The van der Waals surface area contributed by atoms with Gasteiger partial charge >= 0.3 is 5.97 Å². The van der Waals surface area contributed by atoms with E-state index in [9.17, 15) is 9.90 Å². The van der Waals surface area contributed by atoms with Gasteiger partial charge in [0.25, 0.3) is 0 Å². The molecule has 0 atom stereocenters. The summed E-state index contributed by atoms with van der Waals surface area (Å²) in [6.45, 7) is 0.161. The third kappa shape index (κ3) is 2.83. The van der Waals surface area contributed by atoms with Crippen LogP contribution in [0.1, 0.15) is 10.6 Å². The molecule has 0 saturated heterocycles. The second kappa shape index (κ2) is 5.98.